The number of hydroxylamine groups is 1. The first kappa shape index (κ1) is 22.8. The Bertz CT molecular complexity index is 1040. The van der Waals surface area contributed by atoms with Crippen LogP contribution < -0.4 is 16.5 Å². The van der Waals surface area contributed by atoms with E-state index in [0.29, 0.717) is 17.5 Å². The lowest BCUT2D eigenvalue weighted by Gasteiger charge is -2.30. The van der Waals surface area contributed by atoms with Crippen molar-refractivity contribution in [3.8, 4) is 23.7 Å². The minimum Gasteiger partial charge on any atom is -0.391 e. The van der Waals surface area contributed by atoms with E-state index in [4.69, 9.17) is 10.9 Å². The van der Waals surface area contributed by atoms with Crippen LogP contribution in [0.2, 0.25) is 0 Å². The molecule has 0 fully saturated rings. The Morgan fingerprint density at radius 2 is 1.77 bits per heavy atom. The maximum atomic E-state index is 13.0. The van der Waals surface area contributed by atoms with Crippen LogP contribution in [-0.2, 0) is 4.79 Å². The predicted molar refractivity (Wildman–Crippen MR) is 107 cm³/mol. The fourth-order valence-electron chi connectivity index (χ4n) is 2.20. The van der Waals surface area contributed by atoms with Gasteiger partial charge in [0, 0.05) is 11.1 Å². The molecule has 1 aromatic carbocycles. The number of carbonyl (C=O) groups excluding carboxylic acids is 2. The van der Waals surface area contributed by atoms with Gasteiger partial charge in [-0.1, -0.05) is 5.92 Å². The van der Waals surface area contributed by atoms with Crippen LogP contribution in [0.3, 0.4) is 0 Å². The van der Waals surface area contributed by atoms with Crippen molar-refractivity contribution in [2.75, 3.05) is 5.73 Å². The second kappa shape index (κ2) is 9.85. The molecule has 2 rings (SSSR count). The molecule has 30 heavy (non-hydrogen) atoms. The molecule has 7 nitrogen and oxygen atoms in total. The van der Waals surface area contributed by atoms with Gasteiger partial charge < -0.3 is 16.2 Å². The van der Waals surface area contributed by atoms with E-state index in [-0.39, 0.29) is 5.56 Å². The highest BCUT2D eigenvalue weighted by Gasteiger charge is 2.46. The fraction of sp³-hybridized carbons (Fsp3) is 0.200. The van der Waals surface area contributed by atoms with Gasteiger partial charge in [0.05, 0.1) is 9.88 Å². The van der Waals surface area contributed by atoms with E-state index in [1.165, 1.54) is 35.6 Å². The summed E-state index contributed by atoms with van der Waals surface area (Å²) in [4.78, 5) is 24.7. The molecule has 0 aliphatic heterocycles. The molecule has 1 aromatic heterocycles. The van der Waals surface area contributed by atoms with Crippen LogP contribution in [0.15, 0.2) is 36.4 Å². The monoisotopic (exact) mass is 433 g/mol. The first-order valence-electron chi connectivity index (χ1n) is 8.38. The maximum Gasteiger partial charge on any atom is 0.269 e. The number of alkyl halides is 2. The highest BCUT2D eigenvalue weighted by molar-refractivity contribution is 7.16. The number of aliphatic hydroxyl groups is 1. The molecule has 0 radical (unpaired) electrons. The molecule has 0 bridgehead atoms. The first-order chi connectivity index (χ1) is 14.1. The Hall–Kier alpha value is -3.44. The molecule has 0 aliphatic carbocycles. The van der Waals surface area contributed by atoms with Crippen LogP contribution in [0.5, 0.6) is 0 Å². The van der Waals surface area contributed by atoms with Gasteiger partial charge >= 0.3 is 0 Å². The third-order valence-electron chi connectivity index (χ3n) is 3.90. The molecule has 1 unspecified atom stereocenters. The largest absolute Gasteiger partial charge is 0.391 e. The van der Waals surface area contributed by atoms with Crippen LogP contribution in [-0.4, -0.2) is 40.2 Å². The molecule has 0 spiro atoms. The second-order valence-corrected chi connectivity index (χ2v) is 7.30. The van der Waals surface area contributed by atoms with Crippen molar-refractivity contribution >= 4 is 28.2 Å². The minimum absolute atomic E-state index is 0.0292. The topological polar surface area (TPSA) is 125 Å². The van der Waals surface area contributed by atoms with Gasteiger partial charge in [-0.15, -0.1) is 11.3 Å². The average molecular weight is 433 g/mol. The number of hydrogen-bond acceptors (Lipinski definition) is 6. The molecule has 1 heterocycles. The van der Waals surface area contributed by atoms with Crippen molar-refractivity contribution < 1.29 is 28.7 Å². The van der Waals surface area contributed by atoms with Crippen molar-refractivity contribution in [2.24, 2.45) is 0 Å². The molecule has 2 aromatic rings. The van der Waals surface area contributed by atoms with Crippen molar-refractivity contribution in [2.45, 2.75) is 25.0 Å². The van der Waals surface area contributed by atoms with Gasteiger partial charge in [-0.25, -0.2) is 14.3 Å². The molecule has 10 heteroatoms. The van der Waals surface area contributed by atoms with Crippen molar-refractivity contribution in [3.63, 3.8) is 0 Å². The quantitative estimate of drug-likeness (QED) is 0.277. The Balaban J connectivity index is 2.10. The zero-order chi connectivity index (χ0) is 22.3. The van der Waals surface area contributed by atoms with Crippen LogP contribution in [0, 0.1) is 23.7 Å². The first-order valence-corrected chi connectivity index (χ1v) is 9.19. The van der Waals surface area contributed by atoms with Crippen LogP contribution in [0.25, 0.3) is 0 Å². The summed E-state index contributed by atoms with van der Waals surface area (Å²) < 4.78 is 26.1. The summed E-state index contributed by atoms with van der Waals surface area (Å²) >= 11 is 1.33. The number of thiophene rings is 1. The number of rotatable bonds is 5. The zero-order valence-electron chi connectivity index (χ0n) is 15.6. The Morgan fingerprint density at radius 1 is 1.13 bits per heavy atom. The molecule has 156 valence electrons. The number of nitrogens with two attached hydrogens (primary N) is 1. The third kappa shape index (κ3) is 5.78. The number of anilines is 1. The molecule has 0 saturated heterocycles. The molecule has 2 atom stereocenters. The number of carbonyl (C=O) groups is 2. The van der Waals surface area contributed by atoms with Crippen LogP contribution in [0.4, 0.5) is 13.8 Å². The van der Waals surface area contributed by atoms with E-state index in [0.717, 1.165) is 10.4 Å². The summed E-state index contributed by atoms with van der Waals surface area (Å²) in [5.74, 6) is 8.64. The number of nitrogens with one attached hydrogen (secondary N) is 2. The lowest BCUT2D eigenvalue weighted by Crippen LogP contribution is -2.61. The zero-order valence-corrected chi connectivity index (χ0v) is 16.4. The van der Waals surface area contributed by atoms with E-state index < -0.39 is 29.9 Å². The molecule has 0 saturated carbocycles. The van der Waals surface area contributed by atoms with Gasteiger partial charge in [-0.05, 0) is 61.1 Å². The lowest BCUT2D eigenvalue weighted by molar-refractivity contribution is -0.149. The van der Waals surface area contributed by atoms with Crippen LogP contribution in [0.1, 0.15) is 27.7 Å². The molecule has 0 aliphatic rings. The SMILES string of the molecule is CC(O)(C(F)F)[C@H](NC(=O)c1ccc(C#CC#Cc2ccc(N)s2)cc1)C(=O)NO. The van der Waals surface area contributed by atoms with E-state index in [9.17, 15) is 23.5 Å². The summed E-state index contributed by atoms with van der Waals surface area (Å²) in [6.07, 6.45) is -3.36. The summed E-state index contributed by atoms with van der Waals surface area (Å²) in [6, 6.07) is 7.14. The van der Waals surface area contributed by atoms with Gasteiger partial charge in [0.15, 0.2) is 5.60 Å². The van der Waals surface area contributed by atoms with Gasteiger partial charge in [-0.3, -0.25) is 14.8 Å². The standard InChI is InChI=1S/C20H17F2N3O4S/c1-20(28,19(21)22)16(18(27)25-29)24-17(26)13-8-6-12(7-9-13)4-2-3-5-14-10-11-15(23)30-14/h6-11,16,19,28-29H,23H2,1H3,(H,24,26)(H,25,27)/t16-,20?/m1/s1. The van der Waals surface area contributed by atoms with E-state index in [1.807, 2.05) is 5.32 Å². The number of benzene rings is 1. The van der Waals surface area contributed by atoms with Gasteiger partial charge in [0.25, 0.3) is 18.2 Å². The minimum atomic E-state index is -3.36. The third-order valence-corrected chi connectivity index (χ3v) is 4.73. The highest BCUT2D eigenvalue weighted by Crippen LogP contribution is 2.20. The van der Waals surface area contributed by atoms with E-state index in [1.54, 1.807) is 12.1 Å². The summed E-state index contributed by atoms with van der Waals surface area (Å²) in [6.45, 7) is 0.669. The van der Waals surface area contributed by atoms with Gasteiger partial charge in [-0.2, -0.15) is 0 Å². The summed E-state index contributed by atoms with van der Waals surface area (Å²) in [5, 5.41) is 21.2. The summed E-state index contributed by atoms with van der Waals surface area (Å²) in [5.41, 5.74) is 4.42. The predicted octanol–water partition coefficient (Wildman–Crippen LogP) is 1.35. The Kier molecular flexibility index (Phi) is 7.50. The molecule has 6 N–H and O–H groups in total. The van der Waals surface area contributed by atoms with E-state index >= 15 is 0 Å². The second-order valence-electron chi connectivity index (χ2n) is 6.19. The van der Waals surface area contributed by atoms with Crippen molar-refractivity contribution in [1.82, 2.24) is 10.8 Å². The number of amides is 2. The van der Waals surface area contributed by atoms with Crippen LogP contribution >= 0.6 is 11.3 Å². The normalized spacial score (nSPS) is 13.1. The lowest BCUT2D eigenvalue weighted by atomic mass is 9.95. The van der Waals surface area contributed by atoms with E-state index in [2.05, 4.69) is 23.7 Å². The maximum absolute atomic E-state index is 13.0. The molecular formula is C20H17F2N3O4S. The fourth-order valence-corrected chi connectivity index (χ4v) is 2.83. The smallest absolute Gasteiger partial charge is 0.269 e. The molecule has 2 amide bonds. The Labute approximate surface area is 174 Å². The van der Waals surface area contributed by atoms with Gasteiger partial charge in [0.2, 0.25) is 0 Å². The van der Waals surface area contributed by atoms with Crippen molar-refractivity contribution in [1.29, 1.82) is 0 Å². The Morgan fingerprint density at radius 3 is 2.30 bits per heavy atom. The van der Waals surface area contributed by atoms with Crippen molar-refractivity contribution in [3.05, 3.63) is 52.4 Å². The van der Waals surface area contributed by atoms with Gasteiger partial charge in [0.1, 0.15) is 6.04 Å². The number of hydrogen-bond donors (Lipinski definition) is 5. The summed E-state index contributed by atoms with van der Waals surface area (Å²) in [7, 11) is 0. The average Bonchev–Trinajstić information content (AvgIpc) is 3.13. The number of nitrogen functional groups attached to an aromatic ring is 1. The number of halogens is 2. The highest BCUT2D eigenvalue weighted by atomic mass is 32.1. The molecular weight excluding hydrogens is 416 g/mol.